The van der Waals surface area contributed by atoms with Gasteiger partial charge in [-0.25, -0.2) is 4.90 Å². The van der Waals surface area contributed by atoms with Crippen molar-refractivity contribution in [3.63, 3.8) is 0 Å². The maximum atomic E-state index is 12.7. The second-order valence-electron chi connectivity index (χ2n) is 6.33. The van der Waals surface area contributed by atoms with Gasteiger partial charge in [-0.3, -0.25) is 14.4 Å². The van der Waals surface area contributed by atoms with Gasteiger partial charge in [0.15, 0.2) is 0 Å². The van der Waals surface area contributed by atoms with Crippen LogP contribution >= 0.6 is 15.9 Å². The molecular weight excluding hydrogens is 422 g/mol. The van der Waals surface area contributed by atoms with Gasteiger partial charge < -0.3 is 9.88 Å². The van der Waals surface area contributed by atoms with Crippen molar-refractivity contribution < 1.29 is 14.4 Å². The largest absolute Gasteiger partial charge is 0.343 e. The molecule has 0 bridgehead atoms. The van der Waals surface area contributed by atoms with Crippen molar-refractivity contribution in [1.29, 1.82) is 0 Å². The smallest absolute Gasteiger partial charge is 0.272 e. The number of benzene rings is 2. The molecule has 0 saturated heterocycles. The first kappa shape index (κ1) is 18.2. The Hall–Kier alpha value is -3.19. The average molecular weight is 438 g/mol. The number of amides is 3. The summed E-state index contributed by atoms with van der Waals surface area (Å²) in [7, 11) is 0. The minimum absolute atomic E-state index is 0.271. The number of anilines is 2. The van der Waals surface area contributed by atoms with E-state index in [1.54, 1.807) is 54.6 Å². The Labute approximate surface area is 169 Å². The van der Waals surface area contributed by atoms with Crippen LogP contribution in [0.1, 0.15) is 38.1 Å². The van der Waals surface area contributed by atoms with Gasteiger partial charge in [0, 0.05) is 22.9 Å². The van der Waals surface area contributed by atoms with Crippen molar-refractivity contribution in [1.82, 2.24) is 4.57 Å². The molecule has 1 aliphatic heterocycles. The number of aryl methyl sites for hydroxylation is 1. The molecule has 2 aromatic carbocycles. The summed E-state index contributed by atoms with van der Waals surface area (Å²) in [5.41, 5.74) is 2.19. The highest BCUT2D eigenvalue weighted by Gasteiger charge is 2.36. The lowest BCUT2D eigenvalue weighted by Crippen LogP contribution is -2.29. The van der Waals surface area contributed by atoms with Gasteiger partial charge in [0.1, 0.15) is 5.69 Å². The summed E-state index contributed by atoms with van der Waals surface area (Å²) in [5, 5.41) is 2.83. The van der Waals surface area contributed by atoms with E-state index in [4.69, 9.17) is 0 Å². The number of halogens is 1. The van der Waals surface area contributed by atoms with E-state index in [1.165, 1.54) is 0 Å². The van der Waals surface area contributed by atoms with E-state index in [1.807, 2.05) is 17.7 Å². The van der Waals surface area contributed by atoms with Crippen LogP contribution in [-0.2, 0) is 6.54 Å². The summed E-state index contributed by atoms with van der Waals surface area (Å²) < 4.78 is 2.65. The molecule has 1 N–H and O–H groups in total. The lowest BCUT2D eigenvalue weighted by atomic mass is 10.1. The highest BCUT2D eigenvalue weighted by atomic mass is 79.9. The Morgan fingerprint density at radius 1 is 1.00 bits per heavy atom. The van der Waals surface area contributed by atoms with Crippen LogP contribution in [0.3, 0.4) is 0 Å². The molecule has 3 amide bonds. The molecule has 0 spiro atoms. The molecule has 0 saturated carbocycles. The normalized spacial score (nSPS) is 13.0. The molecule has 3 aromatic rings. The van der Waals surface area contributed by atoms with Crippen LogP contribution < -0.4 is 10.2 Å². The Bertz CT molecular complexity index is 1080. The molecular formula is C21H16BrN3O3. The average Bonchev–Trinajstić information content (AvgIpc) is 3.20. The Morgan fingerprint density at radius 3 is 2.32 bits per heavy atom. The van der Waals surface area contributed by atoms with Crippen molar-refractivity contribution in [2.75, 3.05) is 10.2 Å². The third-order valence-electron chi connectivity index (χ3n) is 4.59. The van der Waals surface area contributed by atoms with Gasteiger partial charge in [0.2, 0.25) is 0 Å². The number of hydrogen-bond acceptors (Lipinski definition) is 3. The lowest BCUT2D eigenvalue weighted by Gasteiger charge is -2.15. The van der Waals surface area contributed by atoms with Crippen LogP contribution in [0.5, 0.6) is 0 Å². The van der Waals surface area contributed by atoms with E-state index in [0.29, 0.717) is 34.7 Å². The van der Waals surface area contributed by atoms with E-state index >= 15 is 0 Å². The highest BCUT2D eigenvalue weighted by molar-refractivity contribution is 9.10. The first-order valence-corrected chi connectivity index (χ1v) is 9.54. The third-order valence-corrected chi connectivity index (χ3v) is 5.03. The van der Waals surface area contributed by atoms with Gasteiger partial charge in [-0.1, -0.05) is 18.2 Å². The zero-order valence-corrected chi connectivity index (χ0v) is 16.6. The molecule has 0 aliphatic carbocycles. The number of carbonyl (C=O) groups excluding carboxylic acids is 3. The number of nitrogens with zero attached hydrogens (tertiary/aromatic N) is 2. The maximum absolute atomic E-state index is 12.7. The SMILES string of the molecule is CCn1cc(Br)cc1C(=O)Nc1cccc(N2C(=O)c3ccccc3C2=O)c1. The monoisotopic (exact) mass is 437 g/mol. The molecule has 28 heavy (non-hydrogen) atoms. The van der Waals surface area contributed by atoms with E-state index in [-0.39, 0.29) is 17.7 Å². The Balaban J connectivity index is 1.62. The molecule has 140 valence electrons. The number of hydrogen-bond donors (Lipinski definition) is 1. The molecule has 0 fully saturated rings. The van der Waals surface area contributed by atoms with E-state index in [9.17, 15) is 14.4 Å². The summed E-state index contributed by atoms with van der Waals surface area (Å²) in [6, 6.07) is 15.2. The molecule has 1 aliphatic rings. The maximum Gasteiger partial charge on any atom is 0.272 e. The summed E-state index contributed by atoms with van der Waals surface area (Å²) in [6.07, 6.45) is 1.84. The Morgan fingerprint density at radius 2 is 1.68 bits per heavy atom. The zero-order chi connectivity index (χ0) is 19.8. The van der Waals surface area contributed by atoms with Gasteiger partial charge in [-0.2, -0.15) is 0 Å². The van der Waals surface area contributed by atoms with Gasteiger partial charge in [-0.15, -0.1) is 0 Å². The predicted molar refractivity (Wildman–Crippen MR) is 110 cm³/mol. The van der Waals surface area contributed by atoms with Gasteiger partial charge in [-0.05, 0) is 59.3 Å². The van der Waals surface area contributed by atoms with Crippen molar-refractivity contribution >= 4 is 45.0 Å². The molecule has 7 heteroatoms. The Kier molecular flexibility index (Phi) is 4.60. The zero-order valence-electron chi connectivity index (χ0n) is 15.0. The fourth-order valence-electron chi connectivity index (χ4n) is 3.27. The van der Waals surface area contributed by atoms with E-state index in [0.717, 1.165) is 9.37 Å². The van der Waals surface area contributed by atoms with Crippen LogP contribution in [-0.4, -0.2) is 22.3 Å². The molecule has 4 rings (SSSR count). The van der Waals surface area contributed by atoms with Crippen molar-refractivity contribution in [3.05, 3.63) is 82.1 Å². The van der Waals surface area contributed by atoms with Crippen molar-refractivity contribution in [2.45, 2.75) is 13.5 Å². The van der Waals surface area contributed by atoms with Crippen molar-refractivity contribution in [3.8, 4) is 0 Å². The summed E-state index contributed by atoms with van der Waals surface area (Å²) >= 11 is 3.38. The predicted octanol–water partition coefficient (Wildman–Crippen LogP) is 4.32. The van der Waals surface area contributed by atoms with E-state index < -0.39 is 0 Å². The number of nitrogens with one attached hydrogen (secondary N) is 1. The number of fused-ring (bicyclic) bond motifs is 1. The quantitative estimate of drug-likeness (QED) is 0.617. The second-order valence-corrected chi connectivity index (χ2v) is 7.24. The number of imide groups is 1. The third kappa shape index (κ3) is 3.03. The van der Waals surface area contributed by atoms with Crippen LogP contribution in [0.4, 0.5) is 11.4 Å². The van der Waals surface area contributed by atoms with Crippen LogP contribution in [0, 0.1) is 0 Å². The number of carbonyl (C=O) groups is 3. The summed E-state index contributed by atoms with van der Waals surface area (Å²) in [5.74, 6) is -1.01. The topological polar surface area (TPSA) is 71.4 Å². The van der Waals surface area contributed by atoms with Gasteiger partial charge in [0.05, 0.1) is 16.8 Å². The standard InChI is InChI=1S/C21H16BrN3O3/c1-2-24-12-13(22)10-18(24)19(26)23-14-6-5-7-15(11-14)25-20(27)16-8-3-4-9-17(16)21(25)28/h3-12H,2H2,1H3,(H,23,26). The first-order chi connectivity index (χ1) is 13.5. The van der Waals surface area contributed by atoms with Crippen LogP contribution in [0.2, 0.25) is 0 Å². The van der Waals surface area contributed by atoms with E-state index in [2.05, 4.69) is 21.2 Å². The van der Waals surface area contributed by atoms with Crippen molar-refractivity contribution in [2.24, 2.45) is 0 Å². The molecule has 6 nitrogen and oxygen atoms in total. The van der Waals surface area contributed by atoms with Gasteiger partial charge >= 0.3 is 0 Å². The molecule has 0 unspecified atom stereocenters. The van der Waals surface area contributed by atoms with Crippen LogP contribution in [0.25, 0.3) is 0 Å². The molecule has 0 radical (unpaired) electrons. The summed E-state index contributed by atoms with van der Waals surface area (Å²) in [6.45, 7) is 2.61. The highest BCUT2D eigenvalue weighted by Crippen LogP contribution is 2.30. The molecule has 0 atom stereocenters. The molecule has 2 heterocycles. The molecule has 1 aromatic heterocycles. The fourth-order valence-corrected chi connectivity index (χ4v) is 3.73. The summed E-state index contributed by atoms with van der Waals surface area (Å²) in [4.78, 5) is 39.1. The minimum Gasteiger partial charge on any atom is -0.343 e. The minimum atomic E-state index is -0.368. The van der Waals surface area contributed by atoms with Crippen LogP contribution in [0.15, 0.2) is 65.3 Å². The lowest BCUT2D eigenvalue weighted by molar-refractivity contribution is 0.0925. The number of rotatable bonds is 4. The fraction of sp³-hybridized carbons (Fsp3) is 0.0952. The second kappa shape index (κ2) is 7.09. The number of aromatic nitrogens is 1. The first-order valence-electron chi connectivity index (χ1n) is 8.74. The van der Waals surface area contributed by atoms with Gasteiger partial charge in [0.25, 0.3) is 17.7 Å².